The predicted molar refractivity (Wildman–Crippen MR) is 111 cm³/mol. The van der Waals surface area contributed by atoms with Crippen LogP contribution in [0.25, 0.3) is 10.9 Å². The molecule has 1 aliphatic heterocycles. The van der Waals surface area contributed by atoms with Crippen LogP contribution in [0, 0.1) is 5.41 Å². The van der Waals surface area contributed by atoms with E-state index >= 15 is 0 Å². The van der Waals surface area contributed by atoms with Crippen molar-refractivity contribution in [2.75, 3.05) is 13.1 Å². The highest BCUT2D eigenvalue weighted by Gasteiger charge is 2.53. The number of aromatic amines is 1. The molecule has 2 aromatic heterocycles. The van der Waals surface area contributed by atoms with Crippen LogP contribution in [0.3, 0.4) is 0 Å². The molecule has 3 aliphatic rings. The maximum absolute atomic E-state index is 13.1. The van der Waals surface area contributed by atoms with Crippen molar-refractivity contribution in [2.24, 2.45) is 5.41 Å². The first-order valence-electron chi connectivity index (χ1n) is 11.0. The van der Waals surface area contributed by atoms with E-state index in [0.717, 1.165) is 30.9 Å². The normalized spacial score (nSPS) is 23.0. The molecule has 2 saturated carbocycles. The maximum Gasteiger partial charge on any atom is 0.222 e. The van der Waals surface area contributed by atoms with E-state index in [9.17, 15) is 4.79 Å². The minimum atomic E-state index is 0.232. The third kappa shape index (κ3) is 2.80. The summed E-state index contributed by atoms with van der Waals surface area (Å²) in [4.78, 5) is 18.6. The van der Waals surface area contributed by atoms with Gasteiger partial charge in [-0.15, -0.1) is 10.2 Å². The van der Waals surface area contributed by atoms with Crippen molar-refractivity contribution in [3.8, 4) is 0 Å². The summed E-state index contributed by atoms with van der Waals surface area (Å²) < 4.78 is 2.30. The van der Waals surface area contributed by atoms with E-state index in [0.29, 0.717) is 18.4 Å². The Kier molecular flexibility index (Phi) is 3.83. The molecular formula is C23H27N5O. The summed E-state index contributed by atoms with van der Waals surface area (Å²) in [6.07, 6.45) is 11.5. The first kappa shape index (κ1) is 17.2. The molecule has 1 amide bonds. The number of hydrogen-bond donors (Lipinski definition) is 1. The van der Waals surface area contributed by atoms with Gasteiger partial charge >= 0.3 is 0 Å². The summed E-state index contributed by atoms with van der Waals surface area (Å²) in [6, 6.07) is 8.90. The van der Waals surface area contributed by atoms with E-state index in [-0.39, 0.29) is 11.3 Å². The number of amides is 1. The van der Waals surface area contributed by atoms with Crippen LogP contribution in [-0.4, -0.2) is 43.6 Å². The molecule has 6 nitrogen and oxygen atoms in total. The average molecular weight is 390 g/mol. The zero-order chi connectivity index (χ0) is 19.4. The summed E-state index contributed by atoms with van der Waals surface area (Å²) in [7, 11) is 0. The highest BCUT2D eigenvalue weighted by molar-refractivity contribution is 5.84. The van der Waals surface area contributed by atoms with Gasteiger partial charge in [-0.25, -0.2) is 0 Å². The van der Waals surface area contributed by atoms with Crippen molar-refractivity contribution in [1.29, 1.82) is 0 Å². The van der Waals surface area contributed by atoms with E-state index in [1.54, 1.807) is 0 Å². The molecule has 1 spiro atoms. The van der Waals surface area contributed by atoms with E-state index in [2.05, 4.69) is 49.0 Å². The van der Waals surface area contributed by atoms with E-state index in [1.807, 2.05) is 12.4 Å². The average Bonchev–Trinajstić information content (AvgIpc) is 3.15. The molecule has 3 fully saturated rings. The van der Waals surface area contributed by atoms with Gasteiger partial charge in [0, 0.05) is 48.6 Å². The van der Waals surface area contributed by atoms with Crippen molar-refractivity contribution in [3.05, 3.63) is 48.2 Å². The van der Waals surface area contributed by atoms with Gasteiger partial charge < -0.3 is 14.5 Å². The topological polar surface area (TPSA) is 66.8 Å². The molecule has 6 heteroatoms. The summed E-state index contributed by atoms with van der Waals surface area (Å²) in [6.45, 7) is 1.69. The Labute approximate surface area is 170 Å². The SMILES string of the molecule is O=C(CCc1c[nH]c2ccccc12)N1CC(c2nncn2C2CC2)C2(CCC2)C1. The number of aromatic nitrogens is 4. The maximum atomic E-state index is 13.1. The number of rotatable bonds is 5. The number of carbonyl (C=O) groups is 1. The minimum Gasteiger partial charge on any atom is -0.361 e. The Balaban J connectivity index is 1.19. The van der Waals surface area contributed by atoms with Crippen LogP contribution in [0.1, 0.15) is 61.9 Å². The number of likely N-dealkylation sites (tertiary alicyclic amines) is 1. The zero-order valence-electron chi connectivity index (χ0n) is 16.7. The Morgan fingerprint density at radius 2 is 2.10 bits per heavy atom. The number of nitrogens with one attached hydrogen (secondary N) is 1. The van der Waals surface area contributed by atoms with Crippen molar-refractivity contribution < 1.29 is 4.79 Å². The smallest absolute Gasteiger partial charge is 0.222 e. The van der Waals surface area contributed by atoms with E-state index < -0.39 is 0 Å². The number of H-pyrrole nitrogens is 1. The second-order valence-electron chi connectivity index (χ2n) is 9.23. The number of benzene rings is 1. The largest absolute Gasteiger partial charge is 0.361 e. The molecule has 0 radical (unpaired) electrons. The summed E-state index contributed by atoms with van der Waals surface area (Å²) in [5.41, 5.74) is 2.61. The van der Waals surface area contributed by atoms with Crippen LogP contribution in [0.5, 0.6) is 0 Å². The Bertz CT molecular complexity index is 1060. The predicted octanol–water partition coefficient (Wildman–Crippen LogP) is 3.82. The number of hydrogen-bond acceptors (Lipinski definition) is 3. The third-order valence-corrected chi connectivity index (χ3v) is 7.49. The molecule has 2 aliphatic carbocycles. The van der Waals surface area contributed by atoms with Crippen molar-refractivity contribution >= 4 is 16.8 Å². The van der Waals surface area contributed by atoms with Crippen LogP contribution >= 0.6 is 0 Å². The molecule has 29 heavy (non-hydrogen) atoms. The lowest BCUT2D eigenvalue weighted by molar-refractivity contribution is -0.130. The quantitative estimate of drug-likeness (QED) is 0.721. The Morgan fingerprint density at radius 3 is 2.90 bits per heavy atom. The van der Waals surface area contributed by atoms with Gasteiger partial charge in [-0.3, -0.25) is 4.79 Å². The molecule has 1 saturated heterocycles. The van der Waals surface area contributed by atoms with Crippen LogP contribution in [0.15, 0.2) is 36.8 Å². The molecule has 0 bridgehead atoms. The summed E-state index contributed by atoms with van der Waals surface area (Å²) >= 11 is 0. The molecule has 6 rings (SSSR count). The fourth-order valence-corrected chi connectivity index (χ4v) is 5.53. The lowest BCUT2D eigenvalue weighted by Crippen LogP contribution is -2.38. The number of fused-ring (bicyclic) bond motifs is 1. The minimum absolute atomic E-state index is 0.232. The fraction of sp³-hybridized carbons (Fsp3) is 0.522. The van der Waals surface area contributed by atoms with Crippen LogP contribution < -0.4 is 0 Å². The van der Waals surface area contributed by atoms with Crippen LogP contribution in [-0.2, 0) is 11.2 Å². The highest BCUT2D eigenvalue weighted by atomic mass is 16.2. The molecule has 1 unspecified atom stereocenters. The third-order valence-electron chi connectivity index (χ3n) is 7.49. The van der Waals surface area contributed by atoms with Gasteiger partial charge in [-0.05, 0) is 49.1 Å². The lowest BCUT2D eigenvalue weighted by Gasteiger charge is -2.42. The van der Waals surface area contributed by atoms with Gasteiger partial charge in [0.15, 0.2) is 0 Å². The second-order valence-corrected chi connectivity index (χ2v) is 9.23. The molecular weight excluding hydrogens is 362 g/mol. The van der Waals surface area contributed by atoms with Crippen molar-refractivity contribution in [1.82, 2.24) is 24.6 Å². The first-order valence-corrected chi connectivity index (χ1v) is 11.0. The van der Waals surface area contributed by atoms with Gasteiger partial charge in [0.25, 0.3) is 0 Å². The van der Waals surface area contributed by atoms with Crippen molar-refractivity contribution in [3.63, 3.8) is 0 Å². The number of carbonyl (C=O) groups excluding carboxylic acids is 1. The molecule has 1 N–H and O–H groups in total. The first-order chi connectivity index (χ1) is 14.2. The lowest BCUT2D eigenvalue weighted by atomic mass is 9.62. The molecule has 3 heterocycles. The standard InChI is InChI=1S/C23H27N5O/c29-21(9-6-16-12-24-20-5-2-1-4-18(16)20)27-13-19(23(14-27)10-3-11-23)22-26-25-15-28(22)17-7-8-17/h1-2,4-5,12,15,17,19,24H,3,6-11,13-14H2. The zero-order valence-corrected chi connectivity index (χ0v) is 16.7. The van der Waals surface area contributed by atoms with E-state index in [4.69, 9.17) is 0 Å². The molecule has 1 atom stereocenters. The molecule has 150 valence electrons. The summed E-state index contributed by atoms with van der Waals surface area (Å²) in [5, 5.41) is 9.98. The number of nitrogens with zero attached hydrogens (tertiary/aromatic N) is 4. The van der Waals surface area contributed by atoms with Crippen LogP contribution in [0.4, 0.5) is 0 Å². The van der Waals surface area contributed by atoms with Crippen molar-refractivity contribution in [2.45, 2.75) is 56.9 Å². The van der Waals surface area contributed by atoms with Gasteiger partial charge in [0.1, 0.15) is 12.2 Å². The fourth-order valence-electron chi connectivity index (χ4n) is 5.53. The van der Waals surface area contributed by atoms with E-state index in [1.165, 1.54) is 43.1 Å². The second kappa shape index (κ2) is 6.44. The number of para-hydroxylation sites is 1. The van der Waals surface area contributed by atoms with Gasteiger partial charge in [-0.1, -0.05) is 24.6 Å². The highest BCUT2D eigenvalue weighted by Crippen LogP contribution is 2.56. The van der Waals surface area contributed by atoms with Gasteiger partial charge in [0.05, 0.1) is 0 Å². The van der Waals surface area contributed by atoms with Gasteiger partial charge in [-0.2, -0.15) is 0 Å². The van der Waals surface area contributed by atoms with Gasteiger partial charge in [0.2, 0.25) is 5.91 Å². The monoisotopic (exact) mass is 389 g/mol. The summed E-state index contributed by atoms with van der Waals surface area (Å²) in [5.74, 6) is 1.75. The molecule has 1 aromatic carbocycles. The Hall–Kier alpha value is -2.63. The molecule has 3 aromatic rings. The van der Waals surface area contributed by atoms with Crippen LogP contribution in [0.2, 0.25) is 0 Å². The number of aryl methyl sites for hydroxylation is 1. The Morgan fingerprint density at radius 1 is 1.24 bits per heavy atom.